The van der Waals surface area contributed by atoms with E-state index in [1.54, 1.807) is 0 Å². The Labute approximate surface area is 106 Å². The first-order valence-electron chi connectivity index (χ1n) is 6.41. The summed E-state index contributed by atoms with van der Waals surface area (Å²) >= 11 is 0. The van der Waals surface area contributed by atoms with Gasteiger partial charge in [0.25, 0.3) is 0 Å². The van der Waals surface area contributed by atoms with Crippen LogP contribution in [0.15, 0.2) is 18.2 Å². The first-order valence-corrected chi connectivity index (χ1v) is 6.41. The standard InChI is InChI=1S/C15H26N2/c1-11-6-7-13(15(3,4)5)10-14(11)17-9-8-12(2)16/h6-7,10,12,17H,8-9,16H2,1-5H3. The molecule has 0 aliphatic carbocycles. The van der Waals surface area contributed by atoms with Crippen molar-refractivity contribution >= 4 is 5.69 Å². The van der Waals surface area contributed by atoms with Gasteiger partial charge in [-0.05, 0) is 42.9 Å². The van der Waals surface area contributed by atoms with Gasteiger partial charge in [0.1, 0.15) is 0 Å². The van der Waals surface area contributed by atoms with Crippen molar-refractivity contribution in [2.24, 2.45) is 5.73 Å². The van der Waals surface area contributed by atoms with Gasteiger partial charge in [-0.25, -0.2) is 0 Å². The van der Waals surface area contributed by atoms with Gasteiger partial charge in [-0.2, -0.15) is 0 Å². The quantitative estimate of drug-likeness (QED) is 0.837. The molecule has 2 heteroatoms. The van der Waals surface area contributed by atoms with E-state index in [9.17, 15) is 0 Å². The lowest BCUT2D eigenvalue weighted by molar-refractivity contribution is 0.590. The monoisotopic (exact) mass is 234 g/mol. The lowest BCUT2D eigenvalue weighted by atomic mass is 9.86. The van der Waals surface area contributed by atoms with Crippen LogP contribution in [0.2, 0.25) is 0 Å². The van der Waals surface area contributed by atoms with Gasteiger partial charge in [0.15, 0.2) is 0 Å². The van der Waals surface area contributed by atoms with Crippen molar-refractivity contribution < 1.29 is 0 Å². The minimum atomic E-state index is 0.200. The molecule has 0 saturated carbocycles. The van der Waals surface area contributed by atoms with E-state index in [0.717, 1.165) is 13.0 Å². The highest BCUT2D eigenvalue weighted by Crippen LogP contribution is 2.26. The summed E-state index contributed by atoms with van der Waals surface area (Å²) < 4.78 is 0. The van der Waals surface area contributed by atoms with Gasteiger partial charge in [0.05, 0.1) is 0 Å². The van der Waals surface area contributed by atoms with Crippen LogP contribution >= 0.6 is 0 Å². The fraction of sp³-hybridized carbons (Fsp3) is 0.600. The predicted octanol–water partition coefficient (Wildman–Crippen LogP) is 3.44. The summed E-state index contributed by atoms with van der Waals surface area (Å²) in [5.41, 5.74) is 9.85. The van der Waals surface area contributed by atoms with E-state index in [-0.39, 0.29) is 11.5 Å². The van der Waals surface area contributed by atoms with Crippen molar-refractivity contribution in [3.8, 4) is 0 Å². The third-order valence-electron chi connectivity index (χ3n) is 3.02. The summed E-state index contributed by atoms with van der Waals surface area (Å²) in [6.45, 7) is 11.8. The average Bonchev–Trinajstić information content (AvgIpc) is 2.18. The molecule has 1 unspecified atom stereocenters. The number of benzene rings is 1. The maximum absolute atomic E-state index is 5.75. The van der Waals surface area contributed by atoms with E-state index in [1.807, 2.05) is 6.92 Å². The maximum Gasteiger partial charge on any atom is 0.0372 e. The molecule has 0 spiro atoms. The molecule has 0 aromatic heterocycles. The smallest absolute Gasteiger partial charge is 0.0372 e. The molecule has 1 rings (SSSR count). The molecule has 0 aliphatic rings. The van der Waals surface area contributed by atoms with Gasteiger partial charge in [0.2, 0.25) is 0 Å². The summed E-state index contributed by atoms with van der Waals surface area (Å²) in [6.07, 6.45) is 0.999. The van der Waals surface area contributed by atoms with Crippen LogP contribution in [-0.2, 0) is 5.41 Å². The number of anilines is 1. The Morgan fingerprint density at radius 3 is 2.47 bits per heavy atom. The summed E-state index contributed by atoms with van der Waals surface area (Å²) in [4.78, 5) is 0. The van der Waals surface area contributed by atoms with Gasteiger partial charge in [-0.3, -0.25) is 0 Å². The lowest BCUT2D eigenvalue weighted by Gasteiger charge is -2.21. The molecule has 0 bridgehead atoms. The second-order valence-electron chi connectivity index (χ2n) is 5.97. The molecule has 0 saturated heterocycles. The highest BCUT2D eigenvalue weighted by atomic mass is 14.9. The highest BCUT2D eigenvalue weighted by molar-refractivity contribution is 5.53. The molecule has 96 valence electrons. The van der Waals surface area contributed by atoms with Gasteiger partial charge < -0.3 is 11.1 Å². The first-order chi connectivity index (χ1) is 7.80. The van der Waals surface area contributed by atoms with Crippen LogP contribution in [-0.4, -0.2) is 12.6 Å². The second-order valence-corrected chi connectivity index (χ2v) is 5.97. The van der Waals surface area contributed by atoms with Crippen LogP contribution in [0.3, 0.4) is 0 Å². The Kier molecular flexibility index (Phi) is 4.58. The molecular weight excluding hydrogens is 208 g/mol. The Hall–Kier alpha value is -1.02. The van der Waals surface area contributed by atoms with Crippen molar-refractivity contribution in [3.05, 3.63) is 29.3 Å². The molecule has 0 fully saturated rings. The minimum Gasteiger partial charge on any atom is -0.385 e. The van der Waals surface area contributed by atoms with Crippen LogP contribution in [0.4, 0.5) is 5.69 Å². The third kappa shape index (κ3) is 4.39. The zero-order valence-corrected chi connectivity index (χ0v) is 11.8. The maximum atomic E-state index is 5.75. The zero-order chi connectivity index (χ0) is 13.1. The van der Waals surface area contributed by atoms with Crippen LogP contribution in [0.5, 0.6) is 0 Å². The molecule has 0 aliphatic heterocycles. The van der Waals surface area contributed by atoms with Crippen molar-refractivity contribution in [2.45, 2.75) is 52.5 Å². The van der Waals surface area contributed by atoms with Crippen molar-refractivity contribution in [3.63, 3.8) is 0 Å². The molecule has 1 aromatic rings. The summed E-state index contributed by atoms with van der Waals surface area (Å²) in [5.74, 6) is 0. The van der Waals surface area contributed by atoms with E-state index in [2.05, 4.69) is 51.2 Å². The number of hydrogen-bond donors (Lipinski definition) is 2. The molecule has 1 atom stereocenters. The Morgan fingerprint density at radius 2 is 1.94 bits per heavy atom. The number of nitrogens with one attached hydrogen (secondary N) is 1. The minimum absolute atomic E-state index is 0.200. The summed E-state index contributed by atoms with van der Waals surface area (Å²) in [7, 11) is 0. The second kappa shape index (κ2) is 5.54. The number of hydrogen-bond acceptors (Lipinski definition) is 2. The molecule has 3 N–H and O–H groups in total. The Morgan fingerprint density at radius 1 is 1.29 bits per heavy atom. The van der Waals surface area contributed by atoms with E-state index >= 15 is 0 Å². The van der Waals surface area contributed by atoms with Gasteiger partial charge in [-0.1, -0.05) is 32.9 Å². The first kappa shape index (κ1) is 14.0. The molecule has 0 radical (unpaired) electrons. The van der Waals surface area contributed by atoms with Crippen molar-refractivity contribution in [1.29, 1.82) is 0 Å². The molecule has 2 nitrogen and oxygen atoms in total. The van der Waals surface area contributed by atoms with Crippen molar-refractivity contribution in [1.82, 2.24) is 0 Å². The van der Waals surface area contributed by atoms with Crippen LogP contribution < -0.4 is 11.1 Å². The number of nitrogens with two attached hydrogens (primary N) is 1. The lowest BCUT2D eigenvalue weighted by Crippen LogP contribution is -2.19. The molecule has 0 amide bonds. The van der Waals surface area contributed by atoms with E-state index < -0.39 is 0 Å². The summed E-state index contributed by atoms with van der Waals surface area (Å²) in [6, 6.07) is 6.92. The topological polar surface area (TPSA) is 38.0 Å². The Bertz CT molecular complexity index is 362. The fourth-order valence-corrected chi connectivity index (χ4v) is 1.71. The zero-order valence-electron chi connectivity index (χ0n) is 11.8. The van der Waals surface area contributed by atoms with Crippen LogP contribution in [0.25, 0.3) is 0 Å². The number of rotatable bonds is 4. The van der Waals surface area contributed by atoms with E-state index in [1.165, 1.54) is 16.8 Å². The highest BCUT2D eigenvalue weighted by Gasteiger charge is 2.14. The van der Waals surface area contributed by atoms with Crippen LogP contribution in [0.1, 0.15) is 45.2 Å². The van der Waals surface area contributed by atoms with Crippen LogP contribution in [0, 0.1) is 6.92 Å². The molecule has 17 heavy (non-hydrogen) atoms. The van der Waals surface area contributed by atoms with E-state index in [4.69, 9.17) is 5.73 Å². The average molecular weight is 234 g/mol. The Balaban J connectivity index is 2.77. The number of aryl methyl sites for hydroxylation is 1. The predicted molar refractivity (Wildman–Crippen MR) is 76.6 cm³/mol. The van der Waals surface area contributed by atoms with E-state index in [0.29, 0.717) is 0 Å². The molecule has 1 aromatic carbocycles. The summed E-state index contributed by atoms with van der Waals surface area (Å²) in [5, 5.41) is 3.48. The van der Waals surface area contributed by atoms with Gasteiger partial charge in [0, 0.05) is 18.3 Å². The molecule has 0 heterocycles. The normalized spacial score (nSPS) is 13.5. The largest absolute Gasteiger partial charge is 0.385 e. The fourth-order valence-electron chi connectivity index (χ4n) is 1.71. The van der Waals surface area contributed by atoms with Gasteiger partial charge in [-0.15, -0.1) is 0 Å². The SMILES string of the molecule is Cc1ccc(C(C)(C)C)cc1NCCC(C)N. The third-order valence-corrected chi connectivity index (χ3v) is 3.02. The van der Waals surface area contributed by atoms with Crippen molar-refractivity contribution in [2.75, 3.05) is 11.9 Å². The molecular formula is C15H26N2. The van der Waals surface area contributed by atoms with Gasteiger partial charge >= 0.3 is 0 Å².